The van der Waals surface area contributed by atoms with Crippen molar-refractivity contribution in [1.82, 2.24) is 9.62 Å². The summed E-state index contributed by atoms with van der Waals surface area (Å²) >= 11 is 0. The number of nitrogens with one attached hydrogen (secondary N) is 2. The van der Waals surface area contributed by atoms with Gasteiger partial charge in [-0.2, -0.15) is 4.31 Å². The van der Waals surface area contributed by atoms with Crippen molar-refractivity contribution in [3.63, 3.8) is 0 Å². The van der Waals surface area contributed by atoms with Crippen molar-refractivity contribution in [2.24, 2.45) is 5.92 Å². The van der Waals surface area contributed by atoms with Crippen molar-refractivity contribution >= 4 is 27.5 Å². The Morgan fingerprint density at radius 3 is 2.53 bits per heavy atom. The van der Waals surface area contributed by atoms with Crippen molar-refractivity contribution in [1.29, 1.82) is 0 Å². The van der Waals surface area contributed by atoms with Gasteiger partial charge in [-0.05, 0) is 50.7 Å². The molecule has 2 heterocycles. The molecule has 9 heteroatoms. The molecule has 2 amide bonds. The van der Waals surface area contributed by atoms with Crippen molar-refractivity contribution in [3.8, 4) is 5.75 Å². The molecule has 0 bridgehead atoms. The first-order chi connectivity index (χ1) is 16.3. The van der Waals surface area contributed by atoms with E-state index in [1.165, 1.54) is 29.6 Å². The van der Waals surface area contributed by atoms with Crippen molar-refractivity contribution in [2.75, 3.05) is 18.4 Å². The number of anilines is 1. The summed E-state index contributed by atoms with van der Waals surface area (Å²) in [6.45, 7) is 4.14. The summed E-state index contributed by atoms with van der Waals surface area (Å²) in [5.41, 5.74) is 1.03. The molecule has 8 nitrogen and oxygen atoms in total. The first-order valence-corrected chi connectivity index (χ1v) is 14.2. The molecule has 0 radical (unpaired) electrons. The lowest BCUT2D eigenvalue weighted by Gasteiger charge is -2.33. The Hall–Kier alpha value is -2.13. The number of ether oxygens (including phenoxy) is 1. The van der Waals surface area contributed by atoms with E-state index in [4.69, 9.17) is 4.74 Å². The third-order valence-corrected chi connectivity index (χ3v) is 9.30. The van der Waals surface area contributed by atoms with E-state index < -0.39 is 16.1 Å². The molecule has 0 aromatic heterocycles. The van der Waals surface area contributed by atoms with Gasteiger partial charge in [-0.3, -0.25) is 9.59 Å². The number of hydrogen-bond acceptors (Lipinski definition) is 5. The Balaban J connectivity index is 1.48. The van der Waals surface area contributed by atoms with Gasteiger partial charge in [-0.25, -0.2) is 8.42 Å². The Labute approximate surface area is 202 Å². The zero-order chi connectivity index (χ0) is 24.3. The van der Waals surface area contributed by atoms with E-state index in [0.29, 0.717) is 42.8 Å². The minimum absolute atomic E-state index is 0.0236. The van der Waals surface area contributed by atoms with Crippen LogP contribution < -0.4 is 15.4 Å². The maximum Gasteiger partial charge on any atom is 0.265 e. The van der Waals surface area contributed by atoms with Crippen molar-refractivity contribution in [2.45, 2.75) is 95.1 Å². The number of nitrogens with zero attached hydrogens (tertiary/aromatic N) is 1. The molecule has 1 saturated carbocycles. The highest BCUT2D eigenvalue weighted by molar-refractivity contribution is 7.89. The van der Waals surface area contributed by atoms with Gasteiger partial charge in [0.1, 0.15) is 5.75 Å². The van der Waals surface area contributed by atoms with E-state index in [2.05, 4.69) is 10.6 Å². The fourth-order valence-corrected chi connectivity index (χ4v) is 7.01. The lowest BCUT2D eigenvalue weighted by molar-refractivity contribution is -0.127. The third-order valence-electron chi connectivity index (χ3n) is 7.29. The summed E-state index contributed by atoms with van der Waals surface area (Å²) in [5.74, 6) is -0.221. The second-order valence-corrected chi connectivity index (χ2v) is 11.8. The SMILES string of the molecule is CC[C@H]1Oc2cc(S(=O)(=O)N3CCC[C@@H](C(=O)NC4CCCCCCC4)C3)c(C)cc2NC1=O. The predicted octanol–water partition coefficient (Wildman–Crippen LogP) is 3.73. The normalized spacial score (nSPS) is 24.8. The number of hydrogen-bond donors (Lipinski definition) is 2. The molecule has 0 unspecified atom stereocenters. The van der Waals surface area contributed by atoms with Gasteiger partial charge in [-0.1, -0.05) is 39.0 Å². The van der Waals surface area contributed by atoms with Crippen LogP contribution in [0.2, 0.25) is 0 Å². The molecule has 2 atom stereocenters. The fraction of sp³-hybridized carbons (Fsp3) is 0.680. The number of sulfonamides is 1. The van der Waals surface area contributed by atoms with Crippen LogP contribution in [0.4, 0.5) is 5.69 Å². The molecule has 2 N–H and O–H groups in total. The zero-order valence-electron chi connectivity index (χ0n) is 20.3. The lowest BCUT2D eigenvalue weighted by atomic mass is 9.94. The Morgan fingerprint density at radius 2 is 1.82 bits per heavy atom. The molecular weight excluding hydrogens is 454 g/mol. The number of rotatable bonds is 5. The molecule has 188 valence electrons. The fourth-order valence-electron chi connectivity index (χ4n) is 5.26. The van der Waals surface area contributed by atoms with Gasteiger partial charge in [0.25, 0.3) is 5.91 Å². The van der Waals surface area contributed by atoms with Crippen LogP contribution in [-0.2, 0) is 19.6 Å². The number of amides is 2. The van der Waals surface area contributed by atoms with Gasteiger partial charge in [-0.15, -0.1) is 0 Å². The molecule has 3 aliphatic rings. The van der Waals surface area contributed by atoms with Crippen molar-refractivity contribution < 1.29 is 22.7 Å². The predicted molar refractivity (Wildman–Crippen MR) is 130 cm³/mol. The number of benzene rings is 1. The van der Waals surface area contributed by atoms with E-state index in [-0.39, 0.29) is 35.2 Å². The number of fused-ring (bicyclic) bond motifs is 1. The van der Waals surface area contributed by atoms with Crippen molar-refractivity contribution in [3.05, 3.63) is 17.7 Å². The number of carbonyl (C=O) groups excluding carboxylic acids is 2. The monoisotopic (exact) mass is 491 g/mol. The summed E-state index contributed by atoms with van der Waals surface area (Å²) in [5, 5.41) is 6.02. The molecule has 1 aromatic rings. The molecule has 2 aliphatic heterocycles. The van der Waals surface area contributed by atoms with E-state index in [1.54, 1.807) is 13.0 Å². The minimum Gasteiger partial charge on any atom is -0.478 e. The maximum absolute atomic E-state index is 13.6. The minimum atomic E-state index is -3.81. The number of piperidine rings is 1. The quantitative estimate of drug-likeness (QED) is 0.653. The van der Waals surface area contributed by atoms with Crippen LogP contribution in [0.5, 0.6) is 5.75 Å². The Morgan fingerprint density at radius 1 is 1.12 bits per heavy atom. The van der Waals surface area contributed by atoms with Gasteiger partial charge < -0.3 is 15.4 Å². The highest BCUT2D eigenvalue weighted by Crippen LogP contribution is 2.36. The highest BCUT2D eigenvalue weighted by atomic mass is 32.2. The first-order valence-electron chi connectivity index (χ1n) is 12.7. The first kappa shape index (κ1) is 25.0. The van der Waals surface area contributed by atoms with Gasteiger partial charge >= 0.3 is 0 Å². The smallest absolute Gasteiger partial charge is 0.265 e. The third kappa shape index (κ3) is 5.40. The molecule has 2 fully saturated rings. The largest absolute Gasteiger partial charge is 0.478 e. The summed E-state index contributed by atoms with van der Waals surface area (Å²) in [4.78, 5) is 25.3. The Bertz CT molecular complexity index is 1020. The molecule has 1 aliphatic carbocycles. The van der Waals surface area contributed by atoms with Crippen LogP contribution in [0.3, 0.4) is 0 Å². The molecule has 1 aromatic carbocycles. The molecule has 1 saturated heterocycles. The summed E-state index contributed by atoms with van der Waals surface area (Å²) in [6, 6.07) is 3.36. The van der Waals surface area contributed by atoms with Gasteiger partial charge in [0.15, 0.2) is 6.10 Å². The van der Waals surface area contributed by atoms with Crippen LogP contribution in [0.15, 0.2) is 17.0 Å². The van der Waals surface area contributed by atoms with E-state index in [1.807, 2.05) is 6.92 Å². The average Bonchev–Trinajstić information content (AvgIpc) is 2.80. The van der Waals surface area contributed by atoms with Crippen LogP contribution in [0.1, 0.15) is 76.7 Å². The summed E-state index contributed by atoms with van der Waals surface area (Å²) in [6.07, 6.45) is 9.18. The average molecular weight is 492 g/mol. The molecule has 4 rings (SSSR count). The van der Waals surface area contributed by atoms with Gasteiger partial charge in [0, 0.05) is 25.2 Å². The zero-order valence-corrected chi connectivity index (χ0v) is 21.1. The van der Waals surface area contributed by atoms with Crippen LogP contribution in [-0.4, -0.2) is 49.8 Å². The van der Waals surface area contributed by atoms with Crippen LogP contribution in [0, 0.1) is 12.8 Å². The number of carbonyl (C=O) groups is 2. The van der Waals surface area contributed by atoms with E-state index >= 15 is 0 Å². The van der Waals surface area contributed by atoms with Gasteiger partial charge in [0.05, 0.1) is 16.5 Å². The number of aryl methyl sites for hydroxylation is 1. The Kier molecular flexibility index (Phi) is 7.82. The maximum atomic E-state index is 13.6. The summed E-state index contributed by atoms with van der Waals surface area (Å²) < 4.78 is 34.4. The summed E-state index contributed by atoms with van der Waals surface area (Å²) in [7, 11) is -3.81. The van der Waals surface area contributed by atoms with Gasteiger partial charge in [0.2, 0.25) is 15.9 Å². The standard InChI is InChI=1S/C25H37N3O5S/c1-3-21-25(30)27-20-14-17(2)23(15-22(20)33-21)34(31,32)28-13-9-10-18(16-28)24(29)26-19-11-7-5-4-6-8-12-19/h14-15,18-19,21H,3-13,16H2,1-2H3,(H,26,29)(H,27,30)/t18-,21-/m1/s1. The molecule has 34 heavy (non-hydrogen) atoms. The molecular formula is C25H37N3O5S. The second-order valence-electron chi connectivity index (χ2n) is 9.87. The second kappa shape index (κ2) is 10.6. The topological polar surface area (TPSA) is 105 Å². The van der Waals surface area contributed by atoms with Crippen LogP contribution in [0.25, 0.3) is 0 Å². The highest BCUT2D eigenvalue weighted by Gasteiger charge is 2.36. The van der Waals surface area contributed by atoms with E-state index in [0.717, 1.165) is 25.7 Å². The molecule has 0 spiro atoms. The van der Waals surface area contributed by atoms with Crippen LogP contribution >= 0.6 is 0 Å². The van der Waals surface area contributed by atoms with E-state index in [9.17, 15) is 18.0 Å². The lowest BCUT2D eigenvalue weighted by Crippen LogP contribution is -2.47.